The number of hydrogen-bond donors (Lipinski definition) is 1. The molecule has 1 unspecified atom stereocenters. The van der Waals surface area contributed by atoms with Gasteiger partial charge in [-0.1, -0.05) is 23.7 Å². The summed E-state index contributed by atoms with van der Waals surface area (Å²) in [5.74, 6) is 0.723. The molecule has 0 spiro atoms. The van der Waals surface area contributed by atoms with Crippen LogP contribution in [-0.4, -0.2) is 29.3 Å². The third-order valence-corrected chi connectivity index (χ3v) is 5.19. The van der Waals surface area contributed by atoms with Crippen molar-refractivity contribution in [3.8, 4) is 0 Å². The van der Waals surface area contributed by atoms with Crippen LogP contribution in [0.5, 0.6) is 0 Å². The summed E-state index contributed by atoms with van der Waals surface area (Å²) in [4.78, 5) is 1.04. The number of rotatable bonds is 7. The summed E-state index contributed by atoms with van der Waals surface area (Å²) in [5.41, 5.74) is 7.29. The molecule has 0 saturated heterocycles. The van der Waals surface area contributed by atoms with Crippen molar-refractivity contribution in [3.05, 3.63) is 45.7 Å². The van der Waals surface area contributed by atoms with Crippen LogP contribution < -0.4 is 5.73 Å². The Hall–Kier alpha value is -0.530. The van der Waals surface area contributed by atoms with Gasteiger partial charge in [-0.3, -0.25) is 4.68 Å². The van der Waals surface area contributed by atoms with E-state index in [9.17, 15) is 0 Å². The van der Waals surface area contributed by atoms with E-state index in [1.54, 1.807) is 25.1 Å². The summed E-state index contributed by atoms with van der Waals surface area (Å²) in [6.45, 7) is 1.29. The first-order valence-corrected chi connectivity index (χ1v) is 8.62. The first kappa shape index (κ1) is 16.8. The molecule has 1 aromatic heterocycles. The maximum absolute atomic E-state index is 6.32. The highest BCUT2D eigenvalue weighted by atomic mass is 79.9. The second-order valence-electron chi connectivity index (χ2n) is 4.44. The summed E-state index contributed by atoms with van der Waals surface area (Å²) < 4.78 is 7.90. The zero-order chi connectivity index (χ0) is 15.2. The minimum atomic E-state index is -0.139. The average molecular weight is 391 g/mol. The number of nitrogens with zero attached hydrogens (tertiary/aromatic N) is 2. The van der Waals surface area contributed by atoms with Gasteiger partial charge in [0.1, 0.15) is 0 Å². The van der Waals surface area contributed by atoms with E-state index in [1.807, 2.05) is 28.9 Å². The van der Waals surface area contributed by atoms with Crippen LogP contribution in [0.2, 0.25) is 5.02 Å². The lowest BCUT2D eigenvalue weighted by molar-refractivity contribution is 0.182. The Bertz CT molecular complexity index is 593. The van der Waals surface area contributed by atoms with Crippen molar-refractivity contribution < 1.29 is 4.74 Å². The van der Waals surface area contributed by atoms with Gasteiger partial charge in [-0.05, 0) is 28.1 Å². The molecule has 0 aliphatic carbocycles. The van der Waals surface area contributed by atoms with Crippen LogP contribution in [0, 0.1) is 0 Å². The fourth-order valence-corrected chi connectivity index (χ4v) is 3.70. The van der Waals surface area contributed by atoms with E-state index in [-0.39, 0.29) is 6.04 Å². The van der Waals surface area contributed by atoms with Crippen molar-refractivity contribution in [2.24, 2.45) is 5.73 Å². The molecular formula is C14H17BrClN3OS. The Kier molecular flexibility index (Phi) is 6.57. The number of methoxy groups -OCH3 is 1. The third kappa shape index (κ3) is 4.47. The first-order chi connectivity index (χ1) is 10.1. The molecule has 0 aliphatic rings. The Labute approximate surface area is 142 Å². The molecule has 2 rings (SSSR count). The normalized spacial score (nSPS) is 12.6. The molecule has 0 fully saturated rings. The van der Waals surface area contributed by atoms with Crippen LogP contribution in [0.4, 0.5) is 0 Å². The van der Waals surface area contributed by atoms with E-state index in [0.29, 0.717) is 13.2 Å². The molecule has 0 saturated carbocycles. The highest BCUT2D eigenvalue weighted by Gasteiger charge is 2.17. The predicted octanol–water partition coefficient (Wildman–Crippen LogP) is 3.74. The maximum Gasteiger partial charge on any atom is 0.0703 e. The first-order valence-electron chi connectivity index (χ1n) is 6.46. The number of halogens is 2. The summed E-state index contributed by atoms with van der Waals surface area (Å²) >= 11 is 11.3. The van der Waals surface area contributed by atoms with Crippen molar-refractivity contribution in [3.63, 3.8) is 0 Å². The highest BCUT2D eigenvalue weighted by molar-refractivity contribution is 9.10. The van der Waals surface area contributed by atoms with Crippen LogP contribution in [0.3, 0.4) is 0 Å². The largest absolute Gasteiger partial charge is 0.383 e. The molecule has 21 heavy (non-hydrogen) atoms. The SMILES string of the molecule is COCCn1ncc(Br)c1C(N)CSc1ccccc1Cl. The summed E-state index contributed by atoms with van der Waals surface area (Å²) in [5, 5.41) is 5.07. The fraction of sp³-hybridized carbons (Fsp3) is 0.357. The lowest BCUT2D eigenvalue weighted by Gasteiger charge is -2.15. The molecule has 1 atom stereocenters. The van der Waals surface area contributed by atoms with Crippen LogP contribution in [0.1, 0.15) is 11.7 Å². The van der Waals surface area contributed by atoms with Gasteiger partial charge in [-0.15, -0.1) is 11.8 Å². The maximum atomic E-state index is 6.32. The Morgan fingerprint density at radius 1 is 1.48 bits per heavy atom. The van der Waals surface area contributed by atoms with Gasteiger partial charge in [0.15, 0.2) is 0 Å². The molecule has 114 valence electrons. The van der Waals surface area contributed by atoms with Crippen molar-refractivity contribution >= 4 is 39.3 Å². The van der Waals surface area contributed by atoms with Crippen LogP contribution in [0.15, 0.2) is 39.8 Å². The Morgan fingerprint density at radius 2 is 2.24 bits per heavy atom. The molecule has 0 amide bonds. The van der Waals surface area contributed by atoms with Gasteiger partial charge < -0.3 is 10.5 Å². The molecular weight excluding hydrogens is 374 g/mol. The van der Waals surface area contributed by atoms with Crippen molar-refractivity contribution in [2.75, 3.05) is 19.5 Å². The van der Waals surface area contributed by atoms with E-state index < -0.39 is 0 Å². The number of ether oxygens (including phenoxy) is 1. The average Bonchev–Trinajstić information content (AvgIpc) is 2.85. The van der Waals surface area contributed by atoms with Crippen LogP contribution in [0.25, 0.3) is 0 Å². The zero-order valence-electron chi connectivity index (χ0n) is 11.6. The molecule has 7 heteroatoms. The van der Waals surface area contributed by atoms with E-state index in [1.165, 1.54) is 0 Å². The van der Waals surface area contributed by atoms with Gasteiger partial charge in [-0.2, -0.15) is 5.10 Å². The number of thioether (sulfide) groups is 1. The minimum Gasteiger partial charge on any atom is -0.383 e. The molecule has 0 bridgehead atoms. The topological polar surface area (TPSA) is 53.1 Å². The van der Waals surface area contributed by atoms with Gasteiger partial charge >= 0.3 is 0 Å². The molecule has 0 radical (unpaired) electrons. The molecule has 0 aliphatic heterocycles. The highest BCUT2D eigenvalue weighted by Crippen LogP contribution is 2.31. The van der Waals surface area contributed by atoms with Gasteiger partial charge in [-0.25, -0.2) is 0 Å². The Balaban J connectivity index is 2.05. The third-order valence-electron chi connectivity index (χ3n) is 2.95. The number of benzene rings is 1. The second kappa shape index (κ2) is 8.19. The van der Waals surface area contributed by atoms with E-state index >= 15 is 0 Å². The van der Waals surface area contributed by atoms with Crippen molar-refractivity contribution in [2.45, 2.75) is 17.5 Å². The van der Waals surface area contributed by atoms with E-state index in [2.05, 4.69) is 21.0 Å². The minimum absolute atomic E-state index is 0.139. The molecule has 1 heterocycles. The summed E-state index contributed by atoms with van der Waals surface area (Å²) in [6.07, 6.45) is 1.77. The summed E-state index contributed by atoms with van der Waals surface area (Å²) in [6, 6.07) is 7.63. The number of aromatic nitrogens is 2. The standard InChI is InChI=1S/C14H17BrClN3OS/c1-20-7-6-19-14(10(15)8-18-19)12(17)9-21-13-5-3-2-4-11(13)16/h2-5,8,12H,6-7,9,17H2,1H3. The zero-order valence-corrected chi connectivity index (χ0v) is 14.8. The lowest BCUT2D eigenvalue weighted by atomic mass is 10.2. The number of hydrogen-bond acceptors (Lipinski definition) is 4. The number of nitrogens with two attached hydrogens (primary N) is 1. The smallest absolute Gasteiger partial charge is 0.0703 e. The second-order valence-corrected chi connectivity index (χ2v) is 6.76. The lowest BCUT2D eigenvalue weighted by Crippen LogP contribution is -2.20. The molecule has 4 nitrogen and oxygen atoms in total. The monoisotopic (exact) mass is 389 g/mol. The van der Waals surface area contributed by atoms with Gasteiger partial charge in [0, 0.05) is 17.8 Å². The van der Waals surface area contributed by atoms with Crippen LogP contribution in [-0.2, 0) is 11.3 Å². The fourth-order valence-electron chi connectivity index (χ4n) is 1.92. The molecule has 2 N–H and O–H groups in total. The van der Waals surface area contributed by atoms with Crippen LogP contribution >= 0.6 is 39.3 Å². The van der Waals surface area contributed by atoms with Crippen molar-refractivity contribution in [1.29, 1.82) is 0 Å². The van der Waals surface area contributed by atoms with Gasteiger partial charge in [0.05, 0.1) is 40.6 Å². The quantitative estimate of drug-likeness (QED) is 0.732. The molecule has 2 aromatic rings. The van der Waals surface area contributed by atoms with E-state index in [4.69, 9.17) is 22.1 Å². The van der Waals surface area contributed by atoms with Gasteiger partial charge in [0.25, 0.3) is 0 Å². The van der Waals surface area contributed by atoms with E-state index in [0.717, 1.165) is 25.8 Å². The summed E-state index contributed by atoms with van der Waals surface area (Å²) in [7, 11) is 1.67. The van der Waals surface area contributed by atoms with Crippen molar-refractivity contribution in [1.82, 2.24) is 9.78 Å². The van der Waals surface area contributed by atoms with Gasteiger partial charge in [0.2, 0.25) is 0 Å². The molecule has 1 aromatic carbocycles. The predicted molar refractivity (Wildman–Crippen MR) is 90.9 cm³/mol. The Morgan fingerprint density at radius 3 is 2.95 bits per heavy atom.